The lowest BCUT2D eigenvalue weighted by atomic mass is 10.1. The molecule has 0 spiro atoms. The van der Waals surface area contributed by atoms with E-state index < -0.39 is 0 Å². The number of H-pyrrole nitrogens is 1. The molecule has 0 unspecified atom stereocenters. The van der Waals surface area contributed by atoms with Crippen molar-refractivity contribution in [1.82, 2.24) is 15.3 Å². The highest BCUT2D eigenvalue weighted by molar-refractivity contribution is 5.56. The Morgan fingerprint density at radius 3 is 2.44 bits per heavy atom. The molecule has 0 radical (unpaired) electrons. The Morgan fingerprint density at radius 2 is 1.89 bits per heavy atom. The van der Waals surface area contributed by atoms with E-state index >= 15 is 0 Å². The normalized spacial score (nSPS) is 11.2. The number of aryl methyl sites for hydroxylation is 1. The van der Waals surface area contributed by atoms with Crippen LogP contribution in [0, 0.1) is 6.92 Å². The maximum atomic E-state index is 4.73. The molecule has 1 aromatic carbocycles. The third-order valence-electron chi connectivity index (χ3n) is 3.04. The third kappa shape index (κ3) is 2.62. The van der Waals surface area contributed by atoms with Gasteiger partial charge >= 0.3 is 0 Å². The van der Waals surface area contributed by atoms with E-state index in [-0.39, 0.29) is 0 Å². The molecule has 1 heterocycles. The Labute approximate surface area is 109 Å². The first kappa shape index (κ1) is 12.8. The predicted molar refractivity (Wildman–Crippen MR) is 75.6 cm³/mol. The second-order valence-corrected chi connectivity index (χ2v) is 5.00. The van der Waals surface area contributed by atoms with Gasteiger partial charge in [0, 0.05) is 12.1 Å². The van der Waals surface area contributed by atoms with Crippen LogP contribution in [-0.2, 0) is 6.54 Å². The summed E-state index contributed by atoms with van der Waals surface area (Å²) < 4.78 is 0. The molecule has 3 heteroatoms. The summed E-state index contributed by atoms with van der Waals surface area (Å²) in [6.07, 6.45) is 0. The van der Waals surface area contributed by atoms with E-state index in [1.807, 2.05) is 7.05 Å². The van der Waals surface area contributed by atoms with Crippen LogP contribution in [0.3, 0.4) is 0 Å². The molecule has 0 saturated heterocycles. The first-order valence-corrected chi connectivity index (χ1v) is 6.42. The molecule has 1 aromatic heterocycles. The van der Waals surface area contributed by atoms with E-state index in [2.05, 4.69) is 55.3 Å². The Bertz CT molecular complexity index is 509. The summed E-state index contributed by atoms with van der Waals surface area (Å²) in [6, 6.07) is 8.46. The fraction of sp³-hybridized carbons (Fsp3) is 0.400. The monoisotopic (exact) mass is 243 g/mol. The Balaban J connectivity index is 2.39. The van der Waals surface area contributed by atoms with E-state index in [0.717, 1.165) is 23.6 Å². The number of aromatic nitrogens is 2. The summed E-state index contributed by atoms with van der Waals surface area (Å²) in [4.78, 5) is 8.16. The minimum Gasteiger partial charge on any atom is -0.341 e. The van der Waals surface area contributed by atoms with Crippen molar-refractivity contribution < 1.29 is 0 Å². The number of aromatic amines is 1. The van der Waals surface area contributed by atoms with Crippen LogP contribution in [0.4, 0.5) is 0 Å². The maximum Gasteiger partial charge on any atom is 0.137 e. The first-order chi connectivity index (χ1) is 8.61. The van der Waals surface area contributed by atoms with Crippen LogP contribution in [0.1, 0.15) is 36.7 Å². The zero-order chi connectivity index (χ0) is 13.1. The molecular weight excluding hydrogens is 222 g/mol. The fourth-order valence-corrected chi connectivity index (χ4v) is 2.06. The molecule has 0 aliphatic heterocycles. The Hall–Kier alpha value is -1.61. The van der Waals surface area contributed by atoms with E-state index in [1.54, 1.807) is 0 Å². The number of hydrogen-bond acceptors (Lipinski definition) is 2. The zero-order valence-electron chi connectivity index (χ0n) is 11.5. The van der Waals surface area contributed by atoms with Crippen molar-refractivity contribution in [3.05, 3.63) is 41.2 Å². The molecule has 0 amide bonds. The van der Waals surface area contributed by atoms with Gasteiger partial charge in [0.15, 0.2) is 0 Å². The van der Waals surface area contributed by atoms with Crippen LogP contribution in [0.15, 0.2) is 24.3 Å². The van der Waals surface area contributed by atoms with Gasteiger partial charge in [0.2, 0.25) is 0 Å². The highest BCUT2D eigenvalue weighted by Crippen LogP contribution is 2.23. The highest BCUT2D eigenvalue weighted by Gasteiger charge is 2.13. The van der Waals surface area contributed by atoms with Crippen molar-refractivity contribution in [2.45, 2.75) is 33.2 Å². The molecule has 0 bridgehead atoms. The number of hydrogen-bond donors (Lipinski definition) is 2. The quantitative estimate of drug-likeness (QED) is 0.865. The third-order valence-corrected chi connectivity index (χ3v) is 3.04. The standard InChI is InChI=1S/C15H21N3/c1-10(2)14-13(9-16-4)17-15(18-14)12-7-5-11(3)6-8-12/h5-8,10,16H,9H2,1-4H3,(H,17,18). The smallest absolute Gasteiger partial charge is 0.137 e. The largest absolute Gasteiger partial charge is 0.341 e. The van der Waals surface area contributed by atoms with Gasteiger partial charge in [0.25, 0.3) is 0 Å². The predicted octanol–water partition coefficient (Wildman–Crippen LogP) is 3.23. The summed E-state index contributed by atoms with van der Waals surface area (Å²) in [6.45, 7) is 7.27. The van der Waals surface area contributed by atoms with Crippen molar-refractivity contribution in [3.8, 4) is 11.4 Å². The summed E-state index contributed by atoms with van der Waals surface area (Å²) in [5, 5.41) is 3.18. The van der Waals surface area contributed by atoms with Crippen molar-refractivity contribution in [2.24, 2.45) is 0 Å². The fourth-order valence-electron chi connectivity index (χ4n) is 2.06. The average Bonchev–Trinajstić information content (AvgIpc) is 2.75. The topological polar surface area (TPSA) is 40.7 Å². The van der Waals surface area contributed by atoms with Gasteiger partial charge in [0.1, 0.15) is 5.82 Å². The van der Waals surface area contributed by atoms with Crippen LogP contribution in [0.2, 0.25) is 0 Å². The first-order valence-electron chi connectivity index (χ1n) is 6.42. The minimum atomic E-state index is 0.434. The molecule has 2 rings (SSSR count). The summed E-state index contributed by atoms with van der Waals surface area (Å²) in [5.74, 6) is 1.40. The van der Waals surface area contributed by atoms with Crippen molar-refractivity contribution >= 4 is 0 Å². The van der Waals surface area contributed by atoms with Crippen molar-refractivity contribution in [2.75, 3.05) is 7.05 Å². The summed E-state index contributed by atoms with van der Waals surface area (Å²) >= 11 is 0. The number of benzene rings is 1. The molecule has 0 saturated carbocycles. The molecule has 0 fully saturated rings. The van der Waals surface area contributed by atoms with Gasteiger partial charge in [-0.3, -0.25) is 0 Å². The molecule has 18 heavy (non-hydrogen) atoms. The molecule has 0 atom stereocenters. The zero-order valence-corrected chi connectivity index (χ0v) is 11.5. The number of nitrogens with zero attached hydrogens (tertiary/aromatic N) is 1. The molecule has 3 nitrogen and oxygen atoms in total. The minimum absolute atomic E-state index is 0.434. The van der Waals surface area contributed by atoms with E-state index in [4.69, 9.17) is 4.98 Å². The highest BCUT2D eigenvalue weighted by atomic mass is 15.0. The van der Waals surface area contributed by atoms with Gasteiger partial charge in [-0.1, -0.05) is 43.7 Å². The van der Waals surface area contributed by atoms with Gasteiger partial charge in [-0.15, -0.1) is 0 Å². The van der Waals surface area contributed by atoms with Gasteiger partial charge in [-0.25, -0.2) is 4.98 Å². The molecule has 2 N–H and O–H groups in total. The summed E-state index contributed by atoms with van der Waals surface area (Å²) in [5.41, 5.74) is 4.75. The van der Waals surface area contributed by atoms with Crippen LogP contribution >= 0.6 is 0 Å². The van der Waals surface area contributed by atoms with Crippen LogP contribution in [-0.4, -0.2) is 17.0 Å². The molecule has 96 valence electrons. The maximum absolute atomic E-state index is 4.73. The molecule has 0 aliphatic carbocycles. The second kappa shape index (κ2) is 5.36. The number of imidazole rings is 1. The van der Waals surface area contributed by atoms with Crippen molar-refractivity contribution in [3.63, 3.8) is 0 Å². The van der Waals surface area contributed by atoms with E-state index in [0.29, 0.717) is 5.92 Å². The second-order valence-electron chi connectivity index (χ2n) is 5.00. The average molecular weight is 243 g/mol. The lowest BCUT2D eigenvalue weighted by Crippen LogP contribution is -2.08. The van der Waals surface area contributed by atoms with Crippen LogP contribution in [0.25, 0.3) is 11.4 Å². The van der Waals surface area contributed by atoms with E-state index in [1.165, 1.54) is 11.3 Å². The number of nitrogens with one attached hydrogen (secondary N) is 2. The van der Waals surface area contributed by atoms with Crippen molar-refractivity contribution in [1.29, 1.82) is 0 Å². The van der Waals surface area contributed by atoms with Gasteiger partial charge in [-0.2, -0.15) is 0 Å². The van der Waals surface area contributed by atoms with Gasteiger partial charge in [0.05, 0.1) is 11.4 Å². The number of rotatable bonds is 4. The van der Waals surface area contributed by atoms with Gasteiger partial charge in [-0.05, 0) is 19.9 Å². The lowest BCUT2D eigenvalue weighted by molar-refractivity contribution is 0.750. The molecular formula is C15H21N3. The molecule has 2 aromatic rings. The molecule has 0 aliphatic rings. The van der Waals surface area contributed by atoms with E-state index in [9.17, 15) is 0 Å². The summed E-state index contributed by atoms with van der Waals surface area (Å²) in [7, 11) is 1.95. The Kier molecular flexibility index (Phi) is 3.82. The van der Waals surface area contributed by atoms with Crippen LogP contribution < -0.4 is 5.32 Å². The Morgan fingerprint density at radius 1 is 1.22 bits per heavy atom. The SMILES string of the molecule is CNCc1[nH]c(-c2ccc(C)cc2)nc1C(C)C. The lowest BCUT2D eigenvalue weighted by Gasteiger charge is -2.03. The van der Waals surface area contributed by atoms with Crippen LogP contribution in [0.5, 0.6) is 0 Å². The van der Waals surface area contributed by atoms with Gasteiger partial charge < -0.3 is 10.3 Å².